The zero-order chi connectivity index (χ0) is 33.3. The van der Waals surface area contributed by atoms with Crippen LogP contribution in [0.3, 0.4) is 0 Å². The van der Waals surface area contributed by atoms with Crippen molar-refractivity contribution in [3.63, 3.8) is 0 Å². The number of hydrogen-bond acceptors (Lipinski definition) is 6. The second-order valence-electron chi connectivity index (χ2n) is 12.0. The zero-order valence-corrected chi connectivity index (χ0v) is 32.4. The maximum atomic E-state index is 2.31. The van der Waals surface area contributed by atoms with Crippen molar-refractivity contribution in [1.29, 1.82) is 0 Å². The number of aryl methyl sites for hydroxylation is 1. The van der Waals surface area contributed by atoms with E-state index in [4.69, 9.17) is 0 Å². The summed E-state index contributed by atoms with van der Waals surface area (Å²) >= 11 is 0. The molecule has 0 aliphatic carbocycles. The molecule has 0 spiro atoms. The van der Waals surface area contributed by atoms with Gasteiger partial charge in [-0.25, -0.2) is 0 Å². The van der Waals surface area contributed by atoms with Gasteiger partial charge in [-0.3, -0.25) is 0 Å². The van der Waals surface area contributed by atoms with E-state index in [1.807, 2.05) is 83.0 Å². The summed E-state index contributed by atoms with van der Waals surface area (Å²) in [4.78, 5) is 0. The first-order chi connectivity index (χ1) is 24.2. The molecule has 0 saturated carbocycles. The van der Waals surface area contributed by atoms with E-state index in [1.165, 1.54) is 71.3 Å². The molecule has 7 aromatic rings. The van der Waals surface area contributed by atoms with Gasteiger partial charge in [-0.2, -0.15) is 0 Å². The lowest BCUT2D eigenvalue weighted by Gasteiger charge is -2.13. The first-order valence-electron chi connectivity index (χ1n) is 16.5. The molecule has 12 bridgehead atoms. The Morgan fingerprint density at radius 1 is 0.265 bits per heavy atom. The van der Waals surface area contributed by atoms with Crippen LogP contribution in [0.25, 0.3) is 32.3 Å². The van der Waals surface area contributed by atoms with E-state index >= 15 is 0 Å². The zero-order valence-electron chi connectivity index (χ0n) is 27.5. The molecule has 8 rings (SSSR count). The smallest absolute Gasteiger partial charge is 0.0295 e. The highest BCUT2D eigenvalue weighted by atomic mass is 33.1. The Morgan fingerprint density at radius 2 is 0.490 bits per heavy atom. The third-order valence-corrected chi connectivity index (χ3v) is 15.5. The molecule has 0 saturated heterocycles. The summed E-state index contributed by atoms with van der Waals surface area (Å²) in [7, 11) is 11.8. The Labute approximate surface area is 314 Å². The molecule has 6 heteroatoms. The van der Waals surface area contributed by atoms with Crippen LogP contribution in [0.4, 0.5) is 0 Å². The third kappa shape index (κ3) is 8.84. The van der Waals surface area contributed by atoms with Crippen LogP contribution in [-0.4, -0.2) is 0 Å². The lowest BCUT2D eigenvalue weighted by Crippen LogP contribution is -1.90. The highest BCUT2D eigenvalue weighted by Gasteiger charge is 2.11. The first kappa shape index (κ1) is 34.9. The van der Waals surface area contributed by atoms with Crippen molar-refractivity contribution in [1.82, 2.24) is 0 Å². The highest BCUT2D eigenvalue weighted by Crippen LogP contribution is 2.39. The molecule has 0 fully saturated rings. The quantitative estimate of drug-likeness (QED) is 0.141. The maximum absolute atomic E-state index is 2.31. The van der Waals surface area contributed by atoms with Crippen molar-refractivity contribution < 1.29 is 0 Å². The van der Waals surface area contributed by atoms with Gasteiger partial charge in [0.05, 0.1) is 0 Å². The molecule has 0 atom stereocenters. The normalized spacial score (nSPS) is 14.5. The molecule has 0 N–H and O–H groups in total. The second kappa shape index (κ2) is 17.6. The molecule has 0 aromatic heterocycles. The molecule has 0 nitrogen and oxygen atoms in total. The fraction of sp³-hybridized carbons (Fsp3) is 0.163. The van der Waals surface area contributed by atoms with Crippen molar-refractivity contribution in [2.24, 2.45) is 0 Å². The van der Waals surface area contributed by atoms with Crippen molar-refractivity contribution in [2.75, 3.05) is 0 Å². The molecule has 0 radical (unpaired) electrons. The topological polar surface area (TPSA) is 0 Å². The average Bonchev–Trinajstić information content (AvgIpc) is 3.14. The van der Waals surface area contributed by atoms with E-state index in [1.54, 1.807) is 0 Å². The summed E-state index contributed by atoms with van der Waals surface area (Å²) in [6, 6.07) is 51.4. The van der Waals surface area contributed by atoms with E-state index < -0.39 is 0 Å². The Balaban J connectivity index is 0.000000483. The number of rotatable bonds is 0. The van der Waals surface area contributed by atoms with Crippen LogP contribution >= 0.6 is 64.8 Å². The molecule has 49 heavy (non-hydrogen) atoms. The largest absolute Gasteiger partial charge is 0.0890 e. The van der Waals surface area contributed by atoms with Crippen LogP contribution in [0.5, 0.6) is 0 Å². The standard InChI is InChI=1S/C36H30S6.C7H8/c1-7-25-19-37-39-21-27-9-3-16-35-29(11-5-15-33(27)35)23-41-42-24-30-12-6-17-34-28(10-4-18-36(30)34)22-40-38-20-26-8-2-14-32(25)31(26)13-1;1-7-5-3-2-4-6-7/h1-18H,19-24H2;2-6H,1H3. The molecule has 0 amide bonds. The van der Waals surface area contributed by atoms with Gasteiger partial charge in [-0.15, -0.1) is 0 Å². The van der Waals surface area contributed by atoms with Crippen LogP contribution in [-0.2, 0) is 34.5 Å². The molecular formula is C43H38S6. The van der Waals surface area contributed by atoms with Crippen LogP contribution in [0.15, 0.2) is 140 Å². The minimum Gasteiger partial charge on any atom is -0.0890 e. The first-order valence-corrected chi connectivity index (χ1v) is 23.9. The predicted octanol–water partition coefficient (Wildman–Crippen LogP) is 14.7. The van der Waals surface area contributed by atoms with Crippen molar-refractivity contribution in [3.8, 4) is 0 Å². The van der Waals surface area contributed by atoms with Gasteiger partial charge in [0.2, 0.25) is 0 Å². The molecule has 246 valence electrons. The van der Waals surface area contributed by atoms with Crippen LogP contribution in [0, 0.1) is 6.92 Å². The number of hydrogen-bond donors (Lipinski definition) is 0. The summed E-state index contributed by atoms with van der Waals surface area (Å²) in [5, 5.41) is 8.39. The van der Waals surface area contributed by atoms with Crippen LogP contribution < -0.4 is 0 Å². The predicted molar refractivity (Wildman–Crippen MR) is 231 cm³/mol. The Hall–Kier alpha value is -2.58. The molecule has 7 aromatic carbocycles. The second-order valence-corrected chi connectivity index (χ2v) is 19.4. The van der Waals surface area contributed by atoms with Gasteiger partial charge in [-0.1, -0.05) is 210 Å². The summed E-state index contributed by atoms with van der Waals surface area (Å²) in [6.07, 6.45) is 0. The molecular weight excluding hydrogens is 709 g/mol. The van der Waals surface area contributed by atoms with Crippen molar-refractivity contribution >= 4 is 97.1 Å². The van der Waals surface area contributed by atoms with Gasteiger partial charge in [0, 0.05) is 34.5 Å². The minimum atomic E-state index is 1.01. The summed E-state index contributed by atoms with van der Waals surface area (Å²) in [6.45, 7) is 2.08. The third-order valence-electron chi connectivity index (χ3n) is 8.79. The summed E-state index contributed by atoms with van der Waals surface area (Å²) in [5.74, 6) is 6.09. The van der Waals surface area contributed by atoms with E-state index in [0.717, 1.165) is 34.5 Å². The van der Waals surface area contributed by atoms with Gasteiger partial charge in [-0.05, 0) is 72.6 Å². The lowest BCUT2D eigenvalue weighted by atomic mass is 10.0. The Kier molecular flexibility index (Phi) is 12.5. The van der Waals surface area contributed by atoms with Gasteiger partial charge in [0.15, 0.2) is 0 Å². The monoisotopic (exact) mass is 746 g/mol. The minimum absolute atomic E-state index is 1.01. The highest BCUT2D eigenvalue weighted by molar-refractivity contribution is 8.76. The molecule has 1 heterocycles. The maximum Gasteiger partial charge on any atom is 0.0295 e. The number of benzene rings is 7. The molecule has 0 unspecified atom stereocenters. The van der Waals surface area contributed by atoms with E-state index in [-0.39, 0.29) is 0 Å². The molecule has 1 aliphatic heterocycles. The van der Waals surface area contributed by atoms with Gasteiger partial charge in [0.1, 0.15) is 0 Å². The summed E-state index contributed by atoms with van der Waals surface area (Å²) in [5.41, 5.74) is 9.91. The van der Waals surface area contributed by atoms with E-state index in [2.05, 4.69) is 128 Å². The average molecular weight is 747 g/mol. The SMILES string of the molecule is Cc1ccccc1.c1cc2c3cccc(c3c1)CSSCc1cccc3c(cccc13)CSSCc1cccc3c(cccc13)CSSC2. The fourth-order valence-electron chi connectivity index (χ4n) is 6.24. The van der Waals surface area contributed by atoms with Crippen molar-refractivity contribution in [3.05, 3.63) is 178 Å². The van der Waals surface area contributed by atoms with Gasteiger partial charge >= 0.3 is 0 Å². The van der Waals surface area contributed by atoms with Crippen LogP contribution in [0.2, 0.25) is 0 Å². The molecule has 1 aliphatic rings. The van der Waals surface area contributed by atoms with Gasteiger partial charge in [0.25, 0.3) is 0 Å². The Bertz CT molecular complexity index is 1810. The Morgan fingerprint density at radius 3 is 0.673 bits per heavy atom. The van der Waals surface area contributed by atoms with E-state index in [0.29, 0.717) is 0 Å². The van der Waals surface area contributed by atoms with E-state index in [9.17, 15) is 0 Å². The van der Waals surface area contributed by atoms with Crippen LogP contribution in [0.1, 0.15) is 38.9 Å². The lowest BCUT2D eigenvalue weighted by molar-refractivity contribution is 1.42. The fourth-order valence-corrected chi connectivity index (χ4v) is 12.8. The summed E-state index contributed by atoms with van der Waals surface area (Å²) < 4.78 is 0. The van der Waals surface area contributed by atoms with Crippen molar-refractivity contribution in [2.45, 2.75) is 41.4 Å². The van der Waals surface area contributed by atoms with Gasteiger partial charge < -0.3 is 0 Å².